The first kappa shape index (κ1) is 12.6. The van der Waals surface area contributed by atoms with E-state index in [0.29, 0.717) is 0 Å². The summed E-state index contributed by atoms with van der Waals surface area (Å²) in [6.45, 7) is 0. The maximum atomic E-state index is 6.02. The normalized spacial score (nSPS) is 13.0. The summed E-state index contributed by atoms with van der Waals surface area (Å²) in [5.41, 5.74) is 0.939. The Hall–Kier alpha value is -2.10. The zero-order valence-electron chi connectivity index (χ0n) is 11.7. The van der Waals surface area contributed by atoms with E-state index >= 15 is 0 Å². The van der Waals surface area contributed by atoms with Crippen molar-refractivity contribution in [1.29, 1.82) is 0 Å². The Kier molecular flexibility index (Phi) is 3.02. The van der Waals surface area contributed by atoms with Crippen LogP contribution in [0.2, 0.25) is 0 Å². The highest BCUT2D eigenvalue weighted by atomic mass is 32.1. The summed E-state index contributed by atoms with van der Waals surface area (Å²) in [7, 11) is 1.97. The van der Waals surface area contributed by atoms with Gasteiger partial charge in [-0.3, -0.25) is 0 Å². The van der Waals surface area contributed by atoms with Crippen LogP contribution in [-0.2, 0) is 0 Å². The molecule has 0 amide bonds. The number of fused-ring (bicyclic) bond motifs is 2. The maximum absolute atomic E-state index is 6.02. The van der Waals surface area contributed by atoms with E-state index in [2.05, 4.69) is 47.8 Å². The molecule has 2 heterocycles. The van der Waals surface area contributed by atoms with Crippen LogP contribution >= 0.6 is 11.3 Å². The zero-order chi connectivity index (χ0) is 14.2. The Labute approximate surface area is 127 Å². The van der Waals surface area contributed by atoms with Gasteiger partial charge in [-0.25, -0.2) is 0 Å². The molecule has 0 bridgehead atoms. The molecular formula is C18H15NOS. The second-order valence-corrected chi connectivity index (χ2v) is 6.21. The Morgan fingerprint density at radius 2 is 1.71 bits per heavy atom. The van der Waals surface area contributed by atoms with Gasteiger partial charge in [0.1, 0.15) is 17.4 Å². The van der Waals surface area contributed by atoms with Crippen molar-refractivity contribution in [2.45, 2.75) is 6.04 Å². The molecule has 3 heteroatoms. The molecule has 21 heavy (non-hydrogen) atoms. The SMILES string of the molecule is CNC(c1cc2ccccc2o1)c1cc2ccccc2s1. The zero-order valence-corrected chi connectivity index (χ0v) is 12.5. The molecule has 104 valence electrons. The molecule has 2 aromatic carbocycles. The predicted molar refractivity (Wildman–Crippen MR) is 88.9 cm³/mol. The minimum atomic E-state index is 0.0924. The van der Waals surface area contributed by atoms with Gasteiger partial charge >= 0.3 is 0 Å². The van der Waals surface area contributed by atoms with Crippen LogP contribution in [0.5, 0.6) is 0 Å². The minimum Gasteiger partial charge on any atom is -0.459 e. The van der Waals surface area contributed by atoms with Crippen molar-refractivity contribution in [3.05, 3.63) is 71.3 Å². The van der Waals surface area contributed by atoms with Crippen molar-refractivity contribution in [2.75, 3.05) is 7.05 Å². The molecular weight excluding hydrogens is 278 g/mol. The Bertz CT molecular complexity index is 766. The molecule has 2 nitrogen and oxygen atoms in total. The third-order valence-corrected chi connectivity index (χ3v) is 4.93. The highest BCUT2D eigenvalue weighted by molar-refractivity contribution is 7.19. The Balaban J connectivity index is 1.83. The van der Waals surface area contributed by atoms with Crippen LogP contribution in [0.25, 0.3) is 21.1 Å². The molecule has 0 aliphatic carbocycles. The number of hydrogen-bond acceptors (Lipinski definition) is 3. The Morgan fingerprint density at radius 3 is 2.48 bits per heavy atom. The fourth-order valence-electron chi connectivity index (χ4n) is 2.71. The van der Waals surface area contributed by atoms with Crippen molar-refractivity contribution < 1.29 is 4.42 Å². The first-order valence-corrected chi connectivity index (χ1v) is 7.81. The van der Waals surface area contributed by atoms with Gasteiger partial charge in [0.15, 0.2) is 0 Å². The number of thiophene rings is 1. The molecule has 4 aromatic rings. The molecule has 2 aromatic heterocycles. The molecule has 1 unspecified atom stereocenters. The number of benzene rings is 2. The van der Waals surface area contributed by atoms with Gasteiger partial charge in [-0.2, -0.15) is 0 Å². The fraction of sp³-hybridized carbons (Fsp3) is 0.111. The van der Waals surface area contributed by atoms with Crippen LogP contribution in [0.3, 0.4) is 0 Å². The van der Waals surface area contributed by atoms with Gasteiger partial charge in [0.05, 0.1) is 0 Å². The third-order valence-electron chi connectivity index (χ3n) is 3.75. The Morgan fingerprint density at radius 1 is 0.952 bits per heavy atom. The smallest absolute Gasteiger partial charge is 0.134 e. The van der Waals surface area contributed by atoms with Crippen molar-refractivity contribution in [1.82, 2.24) is 5.32 Å². The summed E-state index contributed by atoms with van der Waals surface area (Å²) >= 11 is 1.81. The highest BCUT2D eigenvalue weighted by Gasteiger charge is 2.19. The van der Waals surface area contributed by atoms with Crippen molar-refractivity contribution in [3.8, 4) is 0 Å². The summed E-state index contributed by atoms with van der Waals surface area (Å²) < 4.78 is 7.32. The number of para-hydroxylation sites is 1. The molecule has 0 aliphatic heterocycles. The van der Waals surface area contributed by atoms with Crippen LogP contribution in [-0.4, -0.2) is 7.05 Å². The van der Waals surface area contributed by atoms with E-state index in [4.69, 9.17) is 4.42 Å². The monoisotopic (exact) mass is 293 g/mol. The first-order valence-electron chi connectivity index (χ1n) is 6.99. The number of rotatable bonds is 3. The van der Waals surface area contributed by atoms with Gasteiger partial charge in [0.25, 0.3) is 0 Å². The number of nitrogens with one attached hydrogen (secondary N) is 1. The van der Waals surface area contributed by atoms with Crippen molar-refractivity contribution >= 4 is 32.4 Å². The van der Waals surface area contributed by atoms with E-state index in [0.717, 1.165) is 16.7 Å². The van der Waals surface area contributed by atoms with Gasteiger partial charge in [-0.1, -0.05) is 36.4 Å². The van der Waals surface area contributed by atoms with Crippen LogP contribution < -0.4 is 5.32 Å². The lowest BCUT2D eigenvalue weighted by molar-refractivity contribution is 0.495. The standard InChI is InChI=1S/C18H15NOS/c1-19-18(15-10-12-6-2-4-8-14(12)20-15)17-11-13-7-3-5-9-16(13)21-17/h2-11,18-19H,1H3. The molecule has 4 rings (SSSR count). The molecule has 0 fully saturated rings. The largest absolute Gasteiger partial charge is 0.459 e. The lowest BCUT2D eigenvalue weighted by Crippen LogP contribution is -2.15. The van der Waals surface area contributed by atoms with Crippen LogP contribution in [0.4, 0.5) is 0 Å². The van der Waals surface area contributed by atoms with Gasteiger partial charge < -0.3 is 9.73 Å². The molecule has 0 spiro atoms. The number of hydrogen-bond donors (Lipinski definition) is 1. The number of furan rings is 1. The van der Waals surface area contributed by atoms with Crippen molar-refractivity contribution in [3.63, 3.8) is 0 Å². The van der Waals surface area contributed by atoms with Gasteiger partial charge in [0, 0.05) is 15.0 Å². The minimum absolute atomic E-state index is 0.0924. The highest BCUT2D eigenvalue weighted by Crippen LogP contribution is 2.34. The first-order chi connectivity index (χ1) is 10.3. The molecule has 0 radical (unpaired) electrons. The quantitative estimate of drug-likeness (QED) is 0.578. The molecule has 0 saturated heterocycles. The van der Waals surface area contributed by atoms with Crippen LogP contribution in [0.15, 0.2) is 65.1 Å². The topological polar surface area (TPSA) is 25.2 Å². The maximum Gasteiger partial charge on any atom is 0.134 e. The second-order valence-electron chi connectivity index (χ2n) is 5.09. The lowest BCUT2D eigenvalue weighted by Gasteiger charge is -2.10. The summed E-state index contributed by atoms with van der Waals surface area (Å²) in [5, 5.41) is 5.81. The summed E-state index contributed by atoms with van der Waals surface area (Å²) in [5.74, 6) is 0.963. The van der Waals surface area contributed by atoms with Gasteiger partial charge in [-0.05, 0) is 36.7 Å². The van der Waals surface area contributed by atoms with E-state index in [9.17, 15) is 0 Å². The second kappa shape index (κ2) is 5.02. The van der Waals surface area contributed by atoms with E-state index in [-0.39, 0.29) is 6.04 Å². The van der Waals surface area contributed by atoms with E-state index < -0.39 is 0 Å². The van der Waals surface area contributed by atoms with E-state index in [1.807, 2.05) is 36.6 Å². The third kappa shape index (κ3) is 2.15. The molecule has 0 aliphatic rings. The van der Waals surface area contributed by atoms with E-state index in [1.165, 1.54) is 15.0 Å². The van der Waals surface area contributed by atoms with Crippen LogP contribution in [0.1, 0.15) is 16.7 Å². The van der Waals surface area contributed by atoms with Crippen LogP contribution in [0, 0.1) is 0 Å². The average Bonchev–Trinajstić information content (AvgIpc) is 3.11. The molecule has 1 atom stereocenters. The fourth-order valence-corrected chi connectivity index (χ4v) is 3.90. The summed E-state index contributed by atoms with van der Waals surface area (Å²) in [6, 6.07) is 21.1. The van der Waals surface area contributed by atoms with E-state index in [1.54, 1.807) is 0 Å². The molecule has 0 saturated carbocycles. The van der Waals surface area contributed by atoms with Gasteiger partial charge in [0.2, 0.25) is 0 Å². The van der Waals surface area contributed by atoms with Crippen molar-refractivity contribution in [2.24, 2.45) is 0 Å². The molecule has 1 N–H and O–H groups in total. The summed E-state index contributed by atoms with van der Waals surface area (Å²) in [4.78, 5) is 1.28. The predicted octanol–water partition coefficient (Wildman–Crippen LogP) is 4.96. The van der Waals surface area contributed by atoms with Gasteiger partial charge in [-0.15, -0.1) is 11.3 Å². The summed E-state index contributed by atoms with van der Waals surface area (Å²) in [6.07, 6.45) is 0. The lowest BCUT2D eigenvalue weighted by atomic mass is 10.1. The average molecular weight is 293 g/mol.